The Morgan fingerprint density at radius 3 is 2.83 bits per heavy atom. The number of amides is 2. The van der Waals surface area contributed by atoms with Gasteiger partial charge in [0, 0.05) is 31.5 Å². The van der Waals surface area contributed by atoms with Gasteiger partial charge in [0.25, 0.3) is 0 Å². The number of hydrogen-bond donors (Lipinski definition) is 1. The molecular formula is C17H28N4O2. The lowest BCUT2D eigenvalue weighted by Gasteiger charge is -2.33. The van der Waals surface area contributed by atoms with Crippen molar-refractivity contribution in [3.05, 3.63) is 11.7 Å². The number of likely N-dealkylation sites (tertiary alicyclic amines) is 1. The van der Waals surface area contributed by atoms with E-state index >= 15 is 0 Å². The van der Waals surface area contributed by atoms with Gasteiger partial charge in [-0.3, -0.25) is 0 Å². The number of carbonyl (C=O) groups is 1. The molecule has 2 heterocycles. The maximum Gasteiger partial charge on any atom is 0.317 e. The van der Waals surface area contributed by atoms with Gasteiger partial charge in [0.05, 0.1) is 0 Å². The van der Waals surface area contributed by atoms with Gasteiger partial charge in [0.15, 0.2) is 5.82 Å². The molecule has 6 nitrogen and oxygen atoms in total. The summed E-state index contributed by atoms with van der Waals surface area (Å²) in [5.41, 5.74) is 0. The van der Waals surface area contributed by atoms with E-state index < -0.39 is 0 Å². The van der Waals surface area contributed by atoms with Gasteiger partial charge in [-0.25, -0.2) is 4.79 Å². The van der Waals surface area contributed by atoms with Gasteiger partial charge in [-0.05, 0) is 44.4 Å². The lowest BCUT2D eigenvalue weighted by molar-refractivity contribution is 0.158. The standard InChI is InChI=1S/C17H28N4O2/c1-3-14(4-2)18-17(22)21-9-5-6-12(11-21)10-15-19-16(20-23-15)13-7-8-13/h12-14H,3-11H2,1-2H3,(H,18,22). The van der Waals surface area contributed by atoms with Crippen LogP contribution in [0.5, 0.6) is 0 Å². The number of piperidine rings is 1. The molecule has 0 aromatic carbocycles. The highest BCUT2D eigenvalue weighted by atomic mass is 16.5. The summed E-state index contributed by atoms with van der Waals surface area (Å²) in [5.74, 6) is 2.56. The first kappa shape index (κ1) is 16.3. The number of rotatable bonds is 6. The van der Waals surface area contributed by atoms with E-state index in [0.717, 1.165) is 56.9 Å². The Hall–Kier alpha value is -1.59. The number of carbonyl (C=O) groups excluding carboxylic acids is 1. The third-order valence-electron chi connectivity index (χ3n) is 5.01. The molecule has 1 saturated heterocycles. The minimum atomic E-state index is 0.0765. The predicted molar refractivity (Wildman–Crippen MR) is 87.2 cm³/mol. The average Bonchev–Trinajstić information content (AvgIpc) is 3.33. The average molecular weight is 320 g/mol. The van der Waals surface area contributed by atoms with E-state index in [1.54, 1.807) is 0 Å². The quantitative estimate of drug-likeness (QED) is 0.874. The second kappa shape index (κ2) is 7.32. The molecule has 1 N–H and O–H groups in total. The molecule has 3 rings (SSSR count). The van der Waals surface area contributed by atoms with Crippen LogP contribution in [0.15, 0.2) is 4.52 Å². The molecule has 1 aliphatic heterocycles. The monoisotopic (exact) mass is 320 g/mol. The Balaban J connectivity index is 1.51. The maximum atomic E-state index is 12.4. The molecule has 1 unspecified atom stereocenters. The van der Waals surface area contributed by atoms with Crippen molar-refractivity contribution in [2.24, 2.45) is 5.92 Å². The van der Waals surface area contributed by atoms with Gasteiger partial charge in [0.1, 0.15) is 0 Å². The van der Waals surface area contributed by atoms with Crippen molar-refractivity contribution in [1.82, 2.24) is 20.4 Å². The summed E-state index contributed by atoms with van der Waals surface area (Å²) < 4.78 is 5.38. The Labute approximate surface area is 138 Å². The minimum absolute atomic E-state index is 0.0765. The van der Waals surface area contributed by atoms with Crippen LogP contribution in [0.4, 0.5) is 4.79 Å². The lowest BCUT2D eigenvalue weighted by atomic mass is 9.95. The van der Waals surface area contributed by atoms with Gasteiger partial charge in [-0.15, -0.1) is 0 Å². The van der Waals surface area contributed by atoms with E-state index in [1.165, 1.54) is 12.8 Å². The Morgan fingerprint density at radius 1 is 1.35 bits per heavy atom. The highest BCUT2D eigenvalue weighted by molar-refractivity contribution is 5.74. The first-order chi connectivity index (χ1) is 11.2. The summed E-state index contributed by atoms with van der Waals surface area (Å²) in [6, 6.07) is 0.354. The van der Waals surface area contributed by atoms with Gasteiger partial charge < -0.3 is 14.7 Å². The number of nitrogens with one attached hydrogen (secondary N) is 1. The van der Waals surface area contributed by atoms with Gasteiger partial charge in [-0.2, -0.15) is 4.98 Å². The van der Waals surface area contributed by atoms with Crippen LogP contribution >= 0.6 is 0 Å². The van der Waals surface area contributed by atoms with Crippen molar-refractivity contribution >= 4 is 6.03 Å². The molecule has 2 aliphatic rings. The molecule has 2 fully saturated rings. The fourth-order valence-electron chi connectivity index (χ4n) is 3.28. The van der Waals surface area contributed by atoms with Crippen molar-refractivity contribution in [1.29, 1.82) is 0 Å². The van der Waals surface area contributed by atoms with E-state index in [4.69, 9.17) is 4.52 Å². The van der Waals surface area contributed by atoms with Crippen LogP contribution in [0.3, 0.4) is 0 Å². The van der Waals surface area contributed by atoms with Crippen molar-refractivity contribution < 1.29 is 9.32 Å². The van der Waals surface area contributed by atoms with Crippen LogP contribution in [0.25, 0.3) is 0 Å². The Kier molecular flexibility index (Phi) is 5.18. The molecule has 0 radical (unpaired) electrons. The third-order valence-corrected chi connectivity index (χ3v) is 5.01. The summed E-state index contributed by atoms with van der Waals surface area (Å²) in [6.07, 6.45) is 7.28. The topological polar surface area (TPSA) is 71.3 Å². The zero-order valence-electron chi connectivity index (χ0n) is 14.3. The summed E-state index contributed by atoms with van der Waals surface area (Å²) >= 11 is 0. The first-order valence-corrected chi connectivity index (χ1v) is 9.07. The predicted octanol–water partition coefficient (Wildman–Crippen LogP) is 3.10. The fraction of sp³-hybridized carbons (Fsp3) is 0.824. The van der Waals surface area contributed by atoms with Crippen molar-refractivity contribution in [3.63, 3.8) is 0 Å². The van der Waals surface area contributed by atoms with E-state index in [1.807, 2.05) is 4.90 Å². The van der Waals surface area contributed by atoms with Gasteiger partial charge in [-0.1, -0.05) is 19.0 Å². The molecule has 1 saturated carbocycles. The van der Waals surface area contributed by atoms with Crippen molar-refractivity contribution in [3.8, 4) is 0 Å². The molecule has 2 amide bonds. The van der Waals surface area contributed by atoms with E-state index in [0.29, 0.717) is 11.8 Å². The molecule has 1 aromatic heterocycles. The molecule has 0 bridgehead atoms. The van der Waals surface area contributed by atoms with Crippen LogP contribution in [0.2, 0.25) is 0 Å². The van der Waals surface area contributed by atoms with Gasteiger partial charge >= 0.3 is 6.03 Å². The normalized spacial score (nSPS) is 21.7. The largest absolute Gasteiger partial charge is 0.339 e. The number of aromatic nitrogens is 2. The first-order valence-electron chi connectivity index (χ1n) is 9.07. The molecule has 0 spiro atoms. The minimum Gasteiger partial charge on any atom is -0.339 e. The molecule has 1 aromatic rings. The van der Waals surface area contributed by atoms with Gasteiger partial charge in [0.2, 0.25) is 5.89 Å². The Morgan fingerprint density at radius 2 is 2.13 bits per heavy atom. The summed E-state index contributed by atoms with van der Waals surface area (Å²) in [6.45, 7) is 5.85. The van der Waals surface area contributed by atoms with Crippen molar-refractivity contribution in [2.75, 3.05) is 13.1 Å². The summed E-state index contributed by atoms with van der Waals surface area (Å²) in [4.78, 5) is 18.9. The van der Waals surface area contributed by atoms with Crippen LogP contribution in [0, 0.1) is 5.92 Å². The van der Waals surface area contributed by atoms with Crippen LogP contribution < -0.4 is 5.32 Å². The zero-order chi connectivity index (χ0) is 16.2. The lowest BCUT2D eigenvalue weighted by Crippen LogP contribution is -2.48. The summed E-state index contributed by atoms with van der Waals surface area (Å²) in [7, 11) is 0. The number of urea groups is 1. The van der Waals surface area contributed by atoms with Crippen molar-refractivity contribution in [2.45, 2.75) is 70.8 Å². The number of nitrogens with zero attached hydrogens (tertiary/aromatic N) is 3. The molecular weight excluding hydrogens is 292 g/mol. The zero-order valence-corrected chi connectivity index (χ0v) is 14.3. The van der Waals surface area contributed by atoms with Crippen LogP contribution in [0.1, 0.15) is 70.0 Å². The molecule has 6 heteroatoms. The third kappa shape index (κ3) is 4.24. The molecule has 23 heavy (non-hydrogen) atoms. The number of hydrogen-bond acceptors (Lipinski definition) is 4. The smallest absolute Gasteiger partial charge is 0.317 e. The highest BCUT2D eigenvalue weighted by Gasteiger charge is 2.30. The molecule has 1 atom stereocenters. The second-order valence-electron chi connectivity index (χ2n) is 6.94. The molecule has 1 aliphatic carbocycles. The van der Waals surface area contributed by atoms with E-state index in [-0.39, 0.29) is 12.1 Å². The van der Waals surface area contributed by atoms with Crippen LogP contribution in [-0.4, -0.2) is 40.2 Å². The Bertz CT molecular complexity index is 522. The van der Waals surface area contributed by atoms with E-state index in [9.17, 15) is 4.79 Å². The maximum absolute atomic E-state index is 12.4. The SMILES string of the molecule is CCC(CC)NC(=O)N1CCCC(Cc2nc(C3CC3)no2)C1. The summed E-state index contributed by atoms with van der Waals surface area (Å²) in [5, 5.41) is 7.21. The molecule has 128 valence electrons. The fourth-order valence-corrected chi connectivity index (χ4v) is 3.28. The highest BCUT2D eigenvalue weighted by Crippen LogP contribution is 2.38. The van der Waals surface area contributed by atoms with E-state index in [2.05, 4.69) is 29.3 Å². The second-order valence-corrected chi connectivity index (χ2v) is 6.94. The van der Waals surface area contributed by atoms with Crippen LogP contribution in [-0.2, 0) is 6.42 Å².